The largest absolute Gasteiger partial charge is 0.349 e. The second kappa shape index (κ2) is 5.57. The smallest absolute Gasteiger partial charge is 0.262 e. The summed E-state index contributed by atoms with van der Waals surface area (Å²) in [4.78, 5) is 16.3. The number of aromatic nitrogens is 1. The van der Waals surface area contributed by atoms with Crippen LogP contribution >= 0.6 is 22.7 Å². The number of thiophene rings is 1. The highest BCUT2D eigenvalue weighted by atomic mass is 32.1. The minimum atomic E-state index is -0.305. The zero-order valence-corrected chi connectivity index (χ0v) is 12.1. The summed E-state index contributed by atoms with van der Waals surface area (Å²) in [5.74, 6) is -0.305. The molecule has 1 N–H and O–H groups in total. The molecule has 1 amide bonds. The minimum Gasteiger partial charge on any atom is -0.349 e. The molecule has 6 heteroatoms. The summed E-state index contributed by atoms with van der Waals surface area (Å²) < 4.78 is 0. The number of amides is 1. The third kappa shape index (κ3) is 2.95. The number of hydrogen-bond donors (Lipinski definition) is 1. The average Bonchev–Trinajstić information content (AvgIpc) is 2.96. The van der Waals surface area contributed by atoms with Gasteiger partial charge in [0, 0.05) is 22.4 Å². The summed E-state index contributed by atoms with van der Waals surface area (Å²) >= 11 is 3.12. The zero-order valence-electron chi connectivity index (χ0n) is 10.5. The molecule has 0 aromatic carbocycles. The molecule has 2 aromatic heterocycles. The molecular weight excluding hydrogens is 290 g/mol. The van der Waals surface area contributed by atoms with Crippen molar-refractivity contribution in [1.29, 1.82) is 5.26 Å². The van der Waals surface area contributed by atoms with Crippen LogP contribution < -0.4 is 5.32 Å². The van der Waals surface area contributed by atoms with E-state index < -0.39 is 0 Å². The standard InChI is InChI=1S/C14H11N3OS2/c15-6-10(13(18)16-11-1-2-11)5-12-8-20-14(17-12)9-3-4-19-7-9/h3-5,7-8,11H,1-2H2,(H,16,18)/b10-5+. The van der Waals surface area contributed by atoms with Gasteiger partial charge in [0.25, 0.3) is 5.91 Å². The van der Waals surface area contributed by atoms with E-state index in [0.717, 1.165) is 23.4 Å². The van der Waals surface area contributed by atoms with Crippen molar-refractivity contribution in [2.24, 2.45) is 0 Å². The number of nitrogens with zero attached hydrogens (tertiary/aromatic N) is 2. The van der Waals surface area contributed by atoms with Crippen molar-refractivity contribution in [2.75, 3.05) is 0 Å². The maximum absolute atomic E-state index is 11.8. The fraction of sp³-hybridized carbons (Fsp3) is 0.214. The molecule has 0 spiro atoms. The van der Waals surface area contributed by atoms with Crippen molar-refractivity contribution in [2.45, 2.75) is 18.9 Å². The predicted octanol–water partition coefficient (Wildman–Crippen LogP) is 3.06. The Bertz CT molecular complexity index is 690. The van der Waals surface area contributed by atoms with E-state index in [1.54, 1.807) is 17.4 Å². The topological polar surface area (TPSA) is 65.8 Å². The van der Waals surface area contributed by atoms with Crippen molar-refractivity contribution in [1.82, 2.24) is 10.3 Å². The molecule has 2 heterocycles. The van der Waals surface area contributed by atoms with Gasteiger partial charge in [-0.1, -0.05) is 0 Å². The number of thiazole rings is 1. The van der Waals surface area contributed by atoms with E-state index in [-0.39, 0.29) is 17.5 Å². The van der Waals surface area contributed by atoms with E-state index in [2.05, 4.69) is 10.3 Å². The highest BCUT2D eigenvalue weighted by Crippen LogP contribution is 2.26. The molecule has 1 saturated carbocycles. The maximum Gasteiger partial charge on any atom is 0.262 e. The van der Waals surface area contributed by atoms with E-state index in [9.17, 15) is 4.79 Å². The van der Waals surface area contributed by atoms with Crippen LogP contribution in [0.4, 0.5) is 0 Å². The first-order valence-corrected chi connectivity index (χ1v) is 7.99. The van der Waals surface area contributed by atoms with Gasteiger partial charge in [-0.3, -0.25) is 4.79 Å². The Morgan fingerprint density at radius 2 is 2.35 bits per heavy atom. The Morgan fingerprint density at radius 3 is 3.00 bits per heavy atom. The van der Waals surface area contributed by atoms with Gasteiger partial charge in [-0.15, -0.1) is 11.3 Å². The summed E-state index contributed by atoms with van der Waals surface area (Å²) in [6.45, 7) is 0. The lowest BCUT2D eigenvalue weighted by Crippen LogP contribution is -2.26. The zero-order chi connectivity index (χ0) is 13.9. The van der Waals surface area contributed by atoms with E-state index in [1.807, 2.05) is 28.3 Å². The normalized spacial score (nSPS) is 14.8. The SMILES string of the molecule is N#C/C(=C\c1csc(-c2ccsc2)n1)C(=O)NC1CC1. The van der Waals surface area contributed by atoms with Crippen LogP contribution in [-0.2, 0) is 4.79 Å². The highest BCUT2D eigenvalue weighted by Gasteiger charge is 2.24. The molecule has 20 heavy (non-hydrogen) atoms. The van der Waals surface area contributed by atoms with Crippen LogP contribution in [0.2, 0.25) is 0 Å². The van der Waals surface area contributed by atoms with Gasteiger partial charge in [0.05, 0.1) is 5.69 Å². The van der Waals surface area contributed by atoms with Gasteiger partial charge in [0.1, 0.15) is 16.6 Å². The summed E-state index contributed by atoms with van der Waals surface area (Å²) in [7, 11) is 0. The number of nitrogens with one attached hydrogen (secondary N) is 1. The Morgan fingerprint density at radius 1 is 1.50 bits per heavy atom. The van der Waals surface area contributed by atoms with Crippen LogP contribution in [-0.4, -0.2) is 16.9 Å². The highest BCUT2D eigenvalue weighted by molar-refractivity contribution is 7.14. The molecule has 0 radical (unpaired) electrons. The molecule has 100 valence electrons. The van der Waals surface area contributed by atoms with E-state index >= 15 is 0 Å². The lowest BCUT2D eigenvalue weighted by atomic mass is 10.2. The van der Waals surface area contributed by atoms with Gasteiger partial charge in [0.2, 0.25) is 0 Å². The van der Waals surface area contributed by atoms with Crippen LogP contribution in [0, 0.1) is 11.3 Å². The van der Waals surface area contributed by atoms with Crippen LogP contribution in [0.1, 0.15) is 18.5 Å². The Balaban J connectivity index is 1.79. The second-order valence-corrected chi connectivity index (χ2v) is 6.15. The number of hydrogen-bond acceptors (Lipinski definition) is 5. The third-order valence-corrected chi connectivity index (χ3v) is 4.45. The van der Waals surface area contributed by atoms with Gasteiger partial charge in [-0.2, -0.15) is 16.6 Å². The van der Waals surface area contributed by atoms with E-state index in [1.165, 1.54) is 11.3 Å². The third-order valence-electron chi connectivity index (χ3n) is 2.86. The quantitative estimate of drug-likeness (QED) is 0.697. The lowest BCUT2D eigenvalue weighted by molar-refractivity contribution is -0.117. The lowest BCUT2D eigenvalue weighted by Gasteiger charge is -1.99. The molecular formula is C14H11N3OS2. The molecule has 0 saturated heterocycles. The molecule has 0 unspecified atom stereocenters. The van der Waals surface area contributed by atoms with Crippen molar-refractivity contribution in [3.05, 3.63) is 33.5 Å². The Labute approximate surface area is 124 Å². The summed E-state index contributed by atoms with van der Waals surface area (Å²) in [6.07, 6.45) is 3.55. The van der Waals surface area contributed by atoms with Gasteiger partial charge in [-0.25, -0.2) is 4.98 Å². The molecule has 1 aliphatic carbocycles. The molecule has 3 rings (SSSR count). The summed E-state index contributed by atoms with van der Waals surface area (Å²) in [5.41, 5.74) is 1.83. The molecule has 0 bridgehead atoms. The van der Waals surface area contributed by atoms with Gasteiger partial charge in [0.15, 0.2) is 0 Å². The van der Waals surface area contributed by atoms with Crippen LogP contribution in [0.5, 0.6) is 0 Å². The van der Waals surface area contributed by atoms with E-state index in [4.69, 9.17) is 5.26 Å². The number of rotatable bonds is 4. The molecule has 1 aliphatic rings. The number of nitriles is 1. The Hall–Kier alpha value is -1.97. The predicted molar refractivity (Wildman–Crippen MR) is 80.2 cm³/mol. The molecule has 0 atom stereocenters. The number of carbonyl (C=O) groups excluding carboxylic acids is 1. The average molecular weight is 301 g/mol. The summed E-state index contributed by atoms with van der Waals surface area (Å²) in [6, 6.07) is 4.19. The number of carbonyl (C=O) groups is 1. The van der Waals surface area contributed by atoms with Crippen LogP contribution in [0.3, 0.4) is 0 Å². The first-order valence-electron chi connectivity index (χ1n) is 6.17. The fourth-order valence-electron chi connectivity index (χ4n) is 1.66. The van der Waals surface area contributed by atoms with Crippen molar-refractivity contribution in [3.8, 4) is 16.6 Å². The van der Waals surface area contributed by atoms with Crippen LogP contribution in [0.15, 0.2) is 27.8 Å². The van der Waals surface area contributed by atoms with Gasteiger partial charge in [-0.05, 0) is 30.4 Å². The maximum atomic E-state index is 11.8. The molecule has 4 nitrogen and oxygen atoms in total. The van der Waals surface area contributed by atoms with Gasteiger partial charge < -0.3 is 5.32 Å². The second-order valence-electron chi connectivity index (χ2n) is 4.51. The fourth-order valence-corrected chi connectivity index (χ4v) is 3.15. The Kier molecular flexibility index (Phi) is 3.63. The first kappa shape index (κ1) is 13.0. The van der Waals surface area contributed by atoms with Crippen molar-refractivity contribution in [3.63, 3.8) is 0 Å². The van der Waals surface area contributed by atoms with Gasteiger partial charge >= 0.3 is 0 Å². The van der Waals surface area contributed by atoms with Crippen molar-refractivity contribution >= 4 is 34.7 Å². The van der Waals surface area contributed by atoms with Crippen molar-refractivity contribution < 1.29 is 4.79 Å². The minimum absolute atomic E-state index is 0.110. The van der Waals surface area contributed by atoms with E-state index in [0.29, 0.717) is 5.69 Å². The first-order chi connectivity index (χ1) is 9.76. The molecule has 0 aliphatic heterocycles. The van der Waals surface area contributed by atoms with Crippen LogP contribution in [0.25, 0.3) is 16.6 Å². The molecule has 2 aromatic rings. The summed E-state index contributed by atoms with van der Waals surface area (Å²) in [5, 5.41) is 18.7. The molecule has 1 fully saturated rings. The monoisotopic (exact) mass is 301 g/mol.